The molecule has 0 aliphatic heterocycles. The number of nitriles is 1. The highest BCUT2D eigenvalue weighted by atomic mass is 35.5. The maximum atomic E-state index is 9.29. The lowest BCUT2D eigenvalue weighted by atomic mass is 9.94. The lowest BCUT2D eigenvalue weighted by molar-refractivity contribution is 0.360. The molecule has 1 unspecified atom stereocenters. The Bertz CT molecular complexity index is 427. The largest absolute Gasteiger partial charge is 0.295 e. The summed E-state index contributed by atoms with van der Waals surface area (Å²) in [6.45, 7) is 0. The molecule has 0 aromatic heterocycles. The predicted octanol–water partition coefficient (Wildman–Crippen LogP) is 4.48. The van der Waals surface area contributed by atoms with Gasteiger partial charge in [-0.15, -0.1) is 0 Å². The third-order valence-corrected chi connectivity index (χ3v) is 3.79. The second kappa shape index (κ2) is 6.43. The number of benzene rings is 1. The average molecular weight is 283 g/mol. The fourth-order valence-electron chi connectivity index (χ4n) is 2.45. The standard InChI is InChI=1S/C14H16Cl2N2/c15-11-6-10(7-12(16)8-11)14(9-17)18-13-4-2-1-3-5-13/h6-8,13-14,18H,1-5H2. The Kier molecular flexibility index (Phi) is 4.88. The van der Waals surface area contributed by atoms with E-state index >= 15 is 0 Å². The van der Waals surface area contributed by atoms with Crippen molar-refractivity contribution in [2.45, 2.75) is 44.2 Å². The number of nitrogens with zero attached hydrogens (tertiary/aromatic N) is 1. The van der Waals surface area contributed by atoms with E-state index in [9.17, 15) is 5.26 Å². The molecule has 1 saturated carbocycles. The molecular formula is C14H16Cl2N2. The molecule has 1 aliphatic carbocycles. The van der Waals surface area contributed by atoms with Crippen molar-refractivity contribution in [3.8, 4) is 6.07 Å². The monoisotopic (exact) mass is 282 g/mol. The normalized spacial score (nSPS) is 18.3. The van der Waals surface area contributed by atoms with Crippen LogP contribution < -0.4 is 5.32 Å². The zero-order chi connectivity index (χ0) is 13.0. The number of hydrogen-bond acceptors (Lipinski definition) is 2. The van der Waals surface area contributed by atoms with Crippen LogP contribution in [0.3, 0.4) is 0 Å². The zero-order valence-electron chi connectivity index (χ0n) is 10.1. The Morgan fingerprint density at radius 1 is 1.11 bits per heavy atom. The van der Waals surface area contributed by atoms with E-state index in [4.69, 9.17) is 23.2 Å². The maximum Gasteiger partial charge on any atom is 0.121 e. The van der Waals surface area contributed by atoms with Crippen molar-refractivity contribution in [1.29, 1.82) is 5.26 Å². The topological polar surface area (TPSA) is 35.8 Å². The fourth-order valence-corrected chi connectivity index (χ4v) is 3.00. The molecule has 0 bridgehead atoms. The highest BCUT2D eigenvalue weighted by Crippen LogP contribution is 2.25. The summed E-state index contributed by atoms with van der Waals surface area (Å²) in [5.74, 6) is 0. The molecule has 2 rings (SSSR count). The van der Waals surface area contributed by atoms with Crippen molar-refractivity contribution >= 4 is 23.2 Å². The summed E-state index contributed by atoms with van der Waals surface area (Å²) in [7, 11) is 0. The molecule has 2 nitrogen and oxygen atoms in total. The van der Waals surface area contributed by atoms with Crippen molar-refractivity contribution in [3.05, 3.63) is 33.8 Å². The summed E-state index contributed by atoms with van der Waals surface area (Å²) in [6, 6.07) is 7.68. The van der Waals surface area contributed by atoms with Gasteiger partial charge in [0.05, 0.1) is 6.07 Å². The van der Waals surface area contributed by atoms with Crippen LogP contribution in [0, 0.1) is 11.3 Å². The quantitative estimate of drug-likeness (QED) is 0.887. The van der Waals surface area contributed by atoms with Crippen molar-refractivity contribution in [3.63, 3.8) is 0 Å². The number of rotatable bonds is 3. The van der Waals surface area contributed by atoms with E-state index in [0.717, 1.165) is 18.4 Å². The summed E-state index contributed by atoms with van der Waals surface area (Å²) < 4.78 is 0. The van der Waals surface area contributed by atoms with Crippen LogP contribution in [-0.2, 0) is 0 Å². The van der Waals surface area contributed by atoms with Gasteiger partial charge in [-0.3, -0.25) is 5.32 Å². The molecule has 1 atom stereocenters. The van der Waals surface area contributed by atoms with E-state index < -0.39 is 0 Å². The van der Waals surface area contributed by atoms with Gasteiger partial charge in [0.2, 0.25) is 0 Å². The van der Waals surface area contributed by atoms with Gasteiger partial charge in [-0.1, -0.05) is 42.5 Å². The third-order valence-electron chi connectivity index (χ3n) is 3.35. The molecule has 0 spiro atoms. The molecule has 1 aromatic rings. The molecule has 1 fully saturated rings. The molecule has 96 valence electrons. The second-order valence-electron chi connectivity index (χ2n) is 4.77. The predicted molar refractivity (Wildman–Crippen MR) is 74.8 cm³/mol. The smallest absolute Gasteiger partial charge is 0.121 e. The SMILES string of the molecule is N#CC(NC1CCCCC1)c1cc(Cl)cc(Cl)c1. The van der Waals surface area contributed by atoms with E-state index in [1.807, 2.05) is 0 Å². The second-order valence-corrected chi connectivity index (χ2v) is 5.64. The maximum absolute atomic E-state index is 9.29. The minimum atomic E-state index is -0.329. The molecule has 1 aromatic carbocycles. The van der Waals surface area contributed by atoms with Gasteiger partial charge in [0.15, 0.2) is 0 Å². The van der Waals surface area contributed by atoms with Crippen LogP contribution in [0.15, 0.2) is 18.2 Å². The summed E-state index contributed by atoms with van der Waals surface area (Å²) in [5, 5.41) is 13.8. The number of halogens is 2. The lowest BCUT2D eigenvalue weighted by Crippen LogP contribution is -2.33. The van der Waals surface area contributed by atoms with Gasteiger partial charge in [-0.25, -0.2) is 0 Å². The molecule has 18 heavy (non-hydrogen) atoms. The zero-order valence-corrected chi connectivity index (χ0v) is 11.6. The fraction of sp³-hybridized carbons (Fsp3) is 0.500. The Balaban J connectivity index is 2.10. The molecular weight excluding hydrogens is 267 g/mol. The molecule has 4 heteroatoms. The number of nitrogens with one attached hydrogen (secondary N) is 1. The van der Waals surface area contributed by atoms with E-state index in [0.29, 0.717) is 16.1 Å². The highest BCUT2D eigenvalue weighted by molar-refractivity contribution is 6.34. The van der Waals surface area contributed by atoms with Crippen LogP contribution in [0.5, 0.6) is 0 Å². The van der Waals surface area contributed by atoms with E-state index in [-0.39, 0.29) is 6.04 Å². The minimum absolute atomic E-state index is 0.329. The van der Waals surface area contributed by atoms with Crippen molar-refractivity contribution < 1.29 is 0 Å². The van der Waals surface area contributed by atoms with Crippen LogP contribution in [-0.4, -0.2) is 6.04 Å². The molecule has 0 amide bonds. The van der Waals surface area contributed by atoms with Gasteiger partial charge in [0.1, 0.15) is 6.04 Å². The van der Waals surface area contributed by atoms with Gasteiger partial charge < -0.3 is 0 Å². The van der Waals surface area contributed by atoms with Crippen LogP contribution in [0.2, 0.25) is 10.0 Å². The summed E-state index contributed by atoms with van der Waals surface area (Å²) >= 11 is 11.9. The van der Waals surface area contributed by atoms with Gasteiger partial charge >= 0.3 is 0 Å². The van der Waals surface area contributed by atoms with Gasteiger partial charge in [0.25, 0.3) is 0 Å². The first kappa shape index (κ1) is 13.7. The van der Waals surface area contributed by atoms with E-state index in [1.54, 1.807) is 18.2 Å². The Labute approximate surface area is 118 Å². The van der Waals surface area contributed by atoms with Crippen molar-refractivity contribution in [2.75, 3.05) is 0 Å². The first-order valence-electron chi connectivity index (χ1n) is 6.30. The van der Waals surface area contributed by atoms with Crippen LogP contribution >= 0.6 is 23.2 Å². The highest BCUT2D eigenvalue weighted by Gasteiger charge is 2.19. The molecule has 1 N–H and O–H groups in total. The molecule has 0 radical (unpaired) electrons. The Morgan fingerprint density at radius 2 is 1.72 bits per heavy atom. The first-order valence-corrected chi connectivity index (χ1v) is 7.06. The van der Waals surface area contributed by atoms with E-state index in [2.05, 4.69) is 11.4 Å². The average Bonchev–Trinajstić information content (AvgIpc) is 2.36. The van der Waals surface area contributed by atoms with Gasteiger partial charge in [-0.05, 0) is 36.6 Å². The van der Waals surface area contributed by atoms with Crippen LogP contribution in [0.1, 0.15) is 43.7 Å². The summed E-state index contributed by atoms with van der Waals surface area (Å²) in [5.41, 5.74) is 0.848. The third kappa shape index (κ3) is 3.62. The van der Waals surface area contributed by atoms with Crippen LogP contribution in [0.4, 0.5) is 0 Å². The summed E-state index contributed by atoms with van der Waals surface area (Å²) in [6.07, 6.45) is 6.08. The molecule has 0 saturated heterocycles. The van der Waals surface area contributed by atoms with Crippen molar-refractivity contribution in [1.82, 2.24) is 5.32 Å². The minimum Gasteiger partial charge on any atom is -0.295 e. The molecule has 0 heterocycles. The van der Waals surface area contributed by atoms with Gasteiger partial charge in [-0.2, -0.15) is 5.26 Å². The van der Waals surface area contributed by atoms with Crippen molar-refractivity contribution in [2.24, 2.45) is 0 Å². The Hall–Kier alpha value is -0.750. The summed E-state index contributed by atoms with van der Waals surface area (Å²) in [4.78, 5) is 0. The van der Waals surface area contributed by atoms with E-state index in [1.165, 1.54) is 19.3 Å². The molecule has 1 aliphatic rings. The Morgan fingerprint density at radius 3 is 2.28 bits per heavy atom. The number of hydrogen-bond donors (Lipinski definition) is 1. The first-order chi connectivity index (χ1) is 8.69. The lowest BCUT2D eigenvalue weighted by Gasteiger charge is -2.25. The van der Waals surface area contributed by atoms with Crippen LogP contribution in [0.25, 0.3) is 0 Å². The van der Waals surface area contributed by atoms with Gasteiger partial charge in [0, 0.05) is 16.1 Å².